The first-order valence-corrected chi connectivity index (χ1v) is 21.2. The Bertz CT molecular complexity index is 1200. The lowest BCUT2D eigenvalue weighted by Gasteiger charge is -2.33. The van der Waals surface area contributed by atoms with Crippen LogP contribution in [0.2, 0.25) is 0 Å². The van der Waals surface area contributed by atoms with Crippen molar-refractivity contribution in [3.8, 4) is 0 Å². The van der Waals surface area contributed by atoms with Crippen molar-refractivity contribution in [1.29, 1.82) is 0 Å². The quantitative estimate of drug-likeness (QED) is 0.0735. The Labute approximate surface area is 295 Å². The summed E-state index contributed by atoms with van der Waals surface area (Å²) in [6, 6.07) is 1.18. The van der Waals surface area contributed by atoms with Crippen LogP contribution in [0, 0.1) is 0 Å². The van der Waals surface area contributed by atoms with Gasteiger partial charge in [0, 0.05) is 6.20 Å². The molecule has 0 saturated carbocycles. The number of hydrogen-bond acceptors (Lipinski definition) is 15. The van der Waals surface area contributed by atoms with E-state index in [0.717, 1.165) is 10.8 Å². The van der Waals surface area contributed by atoms with Crippen LogP contribution in [-0.4, -0.2) is 108 Å². The summed E-state index contributed by atoms with van der Waals surface area (Å²) >= 11 is 0. The third kappa shape index (κ3) is 21.4. The number of phosphoric ester groups is 1. The van der Waals surface area contributed by atoms with Crippen LogP contribution >= 0.6 is 23.5 Å². The van der Waals surface area contributed by atoms with Crippen LogP contribution in [0.4, 0.5) is 5.82 Å². The van der Waals surface area contributed by atoms with Gasteiger partial charge in [0.15, 0.2) is 6.23 Å². The number of phosphoric acid groups is 3. The van der Waals surface area contributed by atoms with Gasteiger partial charge in [-0.25, -0.2) is 13.4 Å². The van der Waals surface area contributed by atoms with E-state index in [9.17, 15) is 43.4 Å². The minimum absolute atomic E-state index is 0.140. The van der Waals surface area contributed by atoms with Gasteiger partial charge in [0.1, 0.15) is 24.1 Å². The van der Waals surface area contributed by atoms with Crippen molar-refractivity contribution in [2.24, 2.45) is 0 Å². The predicted molar refractivity (Wildman–Crippen MR) is 180 cm³/mol. The molecule has 1 saturated heterocycles. The van der Waals surface area contributed by atoms with Gasteiger partial charge in [-0.05, 0) is 68.4 Å². The fourth-order valence-corrected chi connectivity index (χ4v) is 7.31. The molecule has 2 rings (SSSR count). The molecule has 20 nitrogen and oxygen atoms in total. The average molecular weight is 787 g/mol. The highest BCUT2D eigenvalue weighted by Gasteiger charge is 2.44. The lowest BCUT2D eigenvalue weighted by Crippen LogP contribution is -3.11. The van der Waals surface area contributed by atoms with Crippen molar-refractivity contribution in [1.82, 2.24) is 9.55 Å². The van der Waals surface area contributed by atoms with Crippen molar-refractivity contribution in [3.05, 3.63) is 22.7 Å². The number of rotatable bonds is 17. The predicted octanol–water partition coefficient (Wildman–Crippen LogP) is -4.32. The molecule has 50 heavy (non-hydrogen) atoms. The molecule has 3 unspecified atom stereocenters. The maximum Gasteiger partial charge on any atom is 0.351 e. The largest absolute Gasteiger partial charge is 0.756 e. The fraction of sp³-hybridized carbons (Fsp3) is 0.852. The zero-order valence-electron chi connectivity index (χ0n) is 30.7. The standard InChI is InChI=1S/C9H16N3O14P3.3C6H15N/c10-5-1-2-12(9(15)11-5)8-7(14)6(13)4(24-8)3-23-28(19,20)26-29(21,22)25-27(16,17)18;3*1-4-7(5-2)6-3/h1-2,4,6-8,13-14H,3H2,(H,19,20)(H,21,22)(H2,10,11,15)(H2,16,17,18);3*4-6H2,1-3H3/t4-,6-,7-,8-;;;/m1.../s1. The van der Waals surface area contributed by atoms with Gasteiger partial charge in [-0.2, -0.15) is 4.98 Å². The van der Waals surface area contributed by atoms with Gasteiger partial charge < -0.3 is 59.5 Å². The normalized spacial score (nSPS) is 22.3. The average Bonchev–Trinajstić information content (AvgIpc) is 3.30. The molecule has 23 heteroatoms. The number of nitrogens with two attached hydrogens (primary N) is 1. The highest BCUT2D eigenvalue weighted by atomic mass is 31.3. The number of anilines is 1. The van der Waals surface area contributed by atoms with Gasteiger partial charge in [-0.3, -0.25) is 18.3 Å². The topological polar surface area (TPSA) is 292 Å². The van der Waals surface area contributed by atoms with Gasteiger partial charge >= 0.3 is 5.69 Å². The molecule has 2 heterocycles. The molecule has 8 N–H and O–H groups in total. The molecule has 1 aromatic heterocycles. The molecule has 0 spiro atoms. The number of aromatic nitrogens is 2. The summed E-state index contributed by atoms with van der Waals surface area (Å²) in [5.41, 5.74) is 4.35. The number of nitrogen functional groups attached to an aromatic ring is 1. The molecule has 298 valence electrons. The number of aliphatic hydroxyl groups is 2. The van der Waals surface area contributed by atoms with Crippen LogP contribution < -0.4 is 40.8 Å². The van der Waals surface area contributed by atoms with Crippen LogP contribution in [0.3, 0.4) is 0 Å². The summed E-state index contributed by atoms with van der Waals surface area (Å²) in [5, 5.41) is 19.9. The van der Waals surface area contributed by atoms with Crippen molar-refractivity contribution in [3.63, 3.8) is 0 Å². The molecule has 1 aliphatic heterocycles. The molecule has 1 aliphatic rings. The van der Waals surface area contributed by atoms with Crippen molar-refractivity contribution in [2.45, 2.75) is 86.9 Å². The van der Waals surface area contributed by atoms with Gasteiger partial charge in [0.2, 0.25) is 0 Å². The second-order valence-electron chi connectivity index (χ2n) is 10.8. The molecule has 0 aromatic carbocycles. The Balaban J connectivity index is 0. The number of hydrogen-bond donors (Lipinski definition) is 7. The summed E-state index contributed by atoms with van der Waals surface area (Å²) in [6.07, 6.45) is -5.62. The minimum atomic E-state index is -6.09. The lowest BCUT2D eigenvalue weighted by atomic mass is 10.1. The second-order valence-corrected chi connectivity index (χ2v) is 15.1. The van der Waals surface area contributed by atoms with Gasteiger partial charge in [-0.15, -0.1) is 0 Å². The summed E-state index contributed by atoms with van der Waals surface area (Å²) in [5.74, 6) is -0.140. The highest BCUT2D eigenvalue weighted by molar-refractivity contribution is 7.65. The van der Waals surface area contributed by atoms with Crippen LogP contribution in [0.5, 0.6) is 0 Å². The van der Waals surface area contributed by atoms with E-state index in [4.69, 9.17) is 15.4 Å². The van der Waals surface area contributed by atoms with E-state index in [1.807, 2.05) is 0 Å². The Hall–Kier alpha value is -1.15. The highest BCUT2D eigenvalue weighted by Crippen LogP contribution is 2.61. The summed E-state index contributed by atoms with van der Waals surface area (Å²) < 4.78 is 49.5. The Kier molecular flexibility index (Phi) is 26.3. The van der Waals surface area contributed by atoms with Crippen molar-refractivity contribution >= 4 is 29.3 Å². The number of ether oxygens (including phenoxy) is 1. The Morgan fingerprint density at radius 3 is 1.50 bits per heavy atom. The van der Waals surface area contributed by atoms with E-state index < -0.39 is 60.3 Å². The maximum absolute atomic E-state index is 11.8. The van der Waals surface area contributed by atoms with Crippen LogP contribution in [0.25, 0.3) is 0 Å². The molecule has 0 bridgehead atoms. The number of nitrogens with zero attached hydrogens (tertiary/aromatic N) is 2. The van der Waals surface area contributed by atoms with E-state index in [0.29, 0.717) is 0 Å². The minimum Gasteiger partial charge on any atom is -0.756 e. The van der Waals surface area contributed by atoms with E-state index in [-0.39, 0.29) is 5.82 Å². The van der Waals surface area contributed by atoms with Crippen LogP contribution in [-0.2, 0) is 31.6 Å². The number of nitrogens with one attached hydrogen (secondary N) is 3. The molecule has 0 radical (unpaired) electrons. The smallest absolute Gasteiger partial charge is 0.351 e. The van der Waals surface area contributed by atoms with Crippen molar-refractivity contribution < 1.29 is 76.1 Å². The molecular formula is C27H61N6O14P3. The van der Waals surface area contributed by atoms with Gasteiger partial charge in [-0.1, -0.05) is 0 Å². The van der Waals surface area contributed by atoms with Gasteiger partial charge in [0.25, 0.3) is 23.5 Å². The molecule has 1 aromatic rings. The Morgan fingerprint density at radius 2 is 1.18 bits per heavy atom. The summed E-state index contributed by atoms with van der Waals surface area (Å²) in [7, 11) is -17.8. The van der Waals surface area contributed by atoms with E-state index in [1.165, 1.54) is 65.0 Å². The first kappa shape index (κ1) is 51.0. The van der Waals surface area contributed by atoms with Crippen LogP contribution in [0.15, 0.2) is 17.1 Å². The van der Waals surface area contributed by atoms with E-state index >= 15 is 0 Å². The molecule has 7 atom stereocenters. The zero-order valence-corrected chi connectivity index (χ0v) is 33.4. The number of quaternary nitrogens is 3. The van der Waals surface area contributed by atoms with Gasteiger partial charge in [0.05, 0.1) is 65.5 Å². The van der Waals surface area contributed by atoms with E-state index in [2.05, 4.69) is 80.4 Å². The van der Waals surface area contributed by atoms with Crippen LogP contribution in [0.1, 0.15) is 68.5 Å². The third-order valence-corrected chi connectivity index (χ3v) is 11.5. The maximum atomic E-state index is 11.8. The first-order chi connectivity index (χ1) is 23.1. The number of aliphatic hydroxyl groups excluding tert-OH is 2. The second kappa shape index (κ2) is 25.8. The molecule has 1 fully saturated rings. The van der Waals surface area contributed by atoms with E-state index in [1.54, 1.807) is 14.7 Å². The first-order valence-electron chi connectivity index (χ1n) is 16.7. The molecule has 0 amide bonds. The Morgan fingerprint density at radius 1 is 0.780 bits per heavy atom. The zero-order chi connectivity index (χ0) is 39.3. The molecule has 0 aliphatic carbocycles. The van der Waals surface area contributed by atoms with Crippen molar-refractivity contribution in [2.75, 3.05) is 71.2 Å². The third-order valence-electron chi connectivity index (χ3n) is 7.76. The monoisotopic (exact) mass is 786 g/mol. The lowest BCUT2D eigenvalue weighted by molar-refractivity contribution is -0.894. The summed E-state index contributed by atoms with van der Waals surface area (Å²) in [4.78, 5) is 61.4. The molecular weight excluding hydrogens is 725 g/mol. The SMILES string of the molecule is CC[NH+](CC)CC.CC[NH+](CC)CC.CC[NH+](CC)CC.Nc1ccn([C@@H]2O[C@H](COP(=O)([O-])OP(=O)([O-])OP(=O)([O-])O)[C@@H](O)[C@H]2O)c(=O)n1. The fourth-order valence-electron chi connectivity index (χ4n) is 4.42. The summed E-state index contributed by atoms with van der Waals surface area (Å²) in [6.45, 7) is 30.3.